The minimum absolute atomic E-state index is 0.0598. The van der Waals surface area contributed by atoms with Gasteiger partial charge in [0.15, 0.2) is 11.5 Å². The van der Waals surface area contributed by atoms with Crippen LogP contribution in [0.15, 0.2) is 64.5 Å². The van der Waals surface area contributed by atoms with Crippen LogP contribution in [0.25, 0.3) is 27.8 Å². The SMILES string of the molecule is Cn1cc(-c2cccc(-n3c(Cl)cc4c(=O)n(CC5(O)CCN(C(=O)c6cnc(C7CC7)o6)CC5)cnc43)c2)cn1. The number of carbonyl (C=O) groups is 1. The predicted molar refractivity (Wildman–Crippen MR) is 151 cm³/mol. The van der Waals surface area contributed by atoms with Crippen LogP contribution < -0.4 is 5.56 Å². The summed E-state index contributed by atoms with van der Waals surface area (Å²) in [6.45, 7) is 0.744. The van der Waals surface area contributed by atoms with Crippen LogP contribution in [-0.4, -0.2) is 63.5 Å². The van der Waals surface area contributed by atoms with Gasteiger partial charge in [-0.15, -0.1) is 0 Å². The van der Waals surface area contributed by atoms with Crippen molar-refractivity contribution in [3.8, 4) is 16.8 Å². The van der Waals surface area contributed by atoms with Crippen molar-refractivity contribution < 1.29 is 14.3 Å². The largest absolute Gasteiger partial charge is 0.435 e. The zero-order chi connectivity index (χ0) is 28.3. The fraction of sp³-hybridized carbons (Fsp3) is 0.345. The molecule has 5 aromatic rings. The number of likely N-dealkylation sites (tertiary alicyclic amines) is 1. The Morgan fingerprint density at radius 3 is 2.68 bits per heavy atom. The summed E-state index contributed by atoms with van der Waals surface area (Å²) < 4.78 is 10.6. The van der Waals surface area contributed by atoms with E-state index in [0.717, 1.165) is 29.7 Å². The monoisotopic (exact) mass is 573 g/mol. The van der Waals surface area contributed by atoms with E-state index in [0.29, 0.717) is 53.9 Å². The molecule has 1 aliphatic carbocycles. The second kappa shape index (κ2) is 9.71. The Balaban J connectivity index is 1.10. The number of halogens is 1. The maximum Gasteiger partial charge on any atom is 0.291 e. The first-order valence-electron chi connectivity index (χ1n) is 13.6. The van der Waals surface area contributed by atoms with Gasteiger partial charge >= 0.3 is 0 Å². The number of benzene rings is 1. The van der Waals surface area contributed by atoms with Gasteiger partial charge in [0.2, 0.25) is 5.76 Å². The number of aliphatic hydroxyl groups is 1. The van der Waals surface area contributed by atoms with Gasteiger partial charge in [-0.05, 0) is 49.4 Å². The van der Waals surface area contributed by atoms with Gasteiger partial charge in [0, 0.05) is 43.5 Å². The molecule has 11 nitrogen and oxygen atoms in total. The van der Waals surface area contributed by atoms with E-state index in [9.17, 15) is 14.7 Å². The van der Waals surface area contributed by atoms with Crippen LogP contribution in [0.2, 0.25) is 5.15 Å². The lowest BCUT2D eigenvalue weighted by Crippen LogP contribution is -2.49. The minimum atomic E-state index is -1.17. The van der Waals surface area contributed by atoms with Crippen LogP contribution in [0.3, 0.4) is 0 Å². The summed E-state index contributed by atoms with van der Waals surface area (Å²) >= 11 is 6.63. The lowest BCUT2D eigenvalue weighted by molar-refractivity contribution is -0.0304. The Kier molecular flexibility index (Phi) is 6.09. The summed E-state index contributed by atoms with van der Waals surface area (Å²) in [6.07, 6.45) is 9.37. The van der Waals surface area contributed by atoms with E-state index in [1.165, 1.54) is 17.1 Å². The molecule has 2 fully saturated rings. The molecule has 0 atom stereocenters. The van der Waals surface area contributed by atoms with Crippen molar-refractivity contribution in [1.82, 2.24) is 33.8 Å². The third kappa shape index (κ3) is 4.74. The van der Waals surface area contributed by atoms with E-state index in [4.69, 9.17) is 16.0 Å². The van der Waals surface area contributed by atoms with Crippen molar-refractivity contribution in [2.45, 2.75) is 43.7 Å². The molecule has 0 bridgehead atoms. The number of aryl methyl sites for hydroxylation is 1. The van der Waals surface area contributed by atoms with Gasteiger partial charge in [0.1, 0.15) is 11.5 Å². The van der Waals surface area contributed by atoms with Crippen LogP contribution >= 0.6 is 11.6 Å². The van der Waals surface area contributed by atoms with Crippen LogP contribution in [0.4, 0.5) is 0 Å². The second-order valence-electron chi connectivity index (χ2n) is 11.0. The van der Waals surface area contributed by atoms with Crippen molar-refractivity contribution in [2.75, 3.05) is 13.1 Å². The predicted octanol–water partition coefficient (Wildman–Crippen LogP) is 3.77. The maximum atomic E-state index is 13.5. The Labute approximate surface area is 239 Å². The number of hydrogen-bond acceptors (Lipinski definition) is 7. The van der Waals surface area contributed by atoms with Gasteiger partial charge in [-0.2, -0.15) is 5.10 Å². The molecule has 7 rings (SSSR count). The van der Waals surface area contributed by atoms with Crippen molar-refractivity contribution in [1.29, 1.82) is 0 Å². The molecule has 210 valence electrons. The van der Waals surface area contributed by atoms with Gasteiger partial charge in [0.05, 0.1) is 29.9 Å². The van der Waals surface area contributed by atoms with Crippen LogP contribution in [-0.2, 0) is 13.6 Å². The summed E-state index contributed by atoms with van der Waals surface area (Å²) in [5, 5.41) is 16.3. The van der Waals surface area contributed by atoms with E-state index in [-0.39, 0.29) is 23.8 Å². The summed E-state index contributed by atoms with van der Waals surface area (Å²) in [4.78, 5) is 36.9. The second-order valence-corrected chi connectivity index (χ2v) is 11.4. The number of nitrogens with zero attached hydrogens (tertiary/aromatic N) is 7. The van der Waals surface area contributed by atoms with Crippen molar-refractivity contribution in [3.05, 3.63) is 82.4 Å². The number of fused-ring (bicyclic) bond motifs is 1. The van der Waals surface area contributed by atoms with E-state index in [1.54, 1.807) is 26.4 Å². The summed E-state index contributed by atoms with van der Waals surface area (Å²) in [5.74, 6) is 0.959. The molecule has 1 N–H and O–H groups in total. The topological polar surface area (TPSA) is 124 Å². The normalized spacial score (nSPS) is 16.9. The highest BCUT2D eigenvalue weighted by molar-refractivity contribution is 6.31. The molecule has 12 heteroatoms. The van der Waals surface area contributed by atoms with E-state index in [2.05, 4.69) is 15.1 Å². The highest BCUT2D eigenvalue weighted by Gasteiger charge is 2.36. The van der Waals surface area contributed by atoms with E-state index < -0.39 is 5.60 Å². The summed E-state index contributed by atoms with van der Waals surface area (Å²) in [6, 6.07) is 9.39. The first-order valence-corrected chi connectivity index (χ1v) is 14.0. The number of carbonyl (C=O) groups excluding carboxylic acids is 1. The molecule has 41 heavy (non-hydrogen) atoms. The molecule has 1 saturated carbocycles. The number of rotatable bonds is 6. The first-order chi connectivity index (χ1) is 19.8. The molecule has 0 radical (unpaired) electrons. The Hall–Kier alpha value is -4.22. The Bertz CT molecular complexity index is 1840. The summed E-state index contributed by atoms with van der Waals surface area (Å²) in [5.41, 5.74) is 1.66. The molecule has 2 aliphatic rings. The number of hydrogen-bond donors (Lipinski definition) is 1. The van der Waals surface area contributed by atoms with E-state index >= 15 is 0 Å². The first kappa shape index (κ1) is 25.7. The minimum Gasteiger partial charge on any atom is -0.435 e. The smallest absolute Gasteiger partial charge is 0.291 e. The van der Waals surface area contributed by atoms with Crippen LogP contribution in [0.5, 0.6) is 0 Å². The lowest BCUT2D eigenvalue weighted by atomic mass is 9.91. The van der Waals surface area contributed by atoms with Gasteiger partial charge < -0.3 is 14.4 Å². The fourth-order valence-electron chi connectivity index (χ4n) is 5.50. The van der Waals surface area contributed by atoms with Gasteiger partial charge in [-0.3, -0.25) is 23.4 Å². The Morgan fingerprint density at radius 2 is 1.95 bits per heavy atom. The standard InChI is InChI=1S/C29H28ClN7O4/c1-34-15-20(13-33-34)19-3-2-4-21(11-19)37-24(30)12-22-25(37)32-17-36(27(22)38)16-29(40)7-9-35(10-8-29)28(39)23-14-31-26(41-23)18-5-6-18/h2-4,11-15,17-18,40H,5-10,16H2,1H3. The number of amides is 1. The molecule has 1 amide bonds. The van der Waals surface area contributed by atoms with Crippen LogP contribution in [0.1, 0.15) is 48.0 Å². The zero-order valence-electron chi connectivity index (χ0n) is 22.4. The molecule has 5 heterocycles. The molecule has 1 aromatic carbocycles. The zero-order valence-corrected chi connectivity index (χ0v) is 23.2. The van der Waals surface area contributed by atoms with Crippen molar-refractivity contribution >= 4 is 28.5 Å². The number of aromatic nitrogens is 6. The Morgan fingerprint density at radius 1 is 1.15 bits per heavy atom. The number of piperidine rings is 1. The molecule has 1 saturated heterocycles. The van der Waals surface area contributed by atoms with Crippen molar-refractivity contribution in [2.24, 2.45) is 7.05 Å². The van der Waals surface area contributed by atoms with E-state index in [1.807, 2.05) is 37.5 Å². The van der Waals surface area contributed by atoms with Crippen molar-refractivity contribution in [3.63, 3.8) is 0 Å². The molecular weight excluding hydrogens is 546 g/mol. The maximum absolute atomic E-state index is 13.5. The molecule has 0 spiro atoms. The lowest BCUT2D eigenvalue weighted by Gasteiger charge is -2.38. The molecular formula is C29H28ClN7O4. The van der Waals surface area contributed by atoms with Gasteiger partial charge in [-0.1, -0.05) is 23.7 Å². The summed E-state index contributed by atoms with van der Waals surface area (Å²) in [7, 11) is 1.86. The quantitative estimate of drug-likeness (QED) is 0.328. The average Bonchev–Trinajstić information content (AvgIpc) is 3.36. The number of oxazole rings is 1. The molecule has 0 unspecified atom stereocenters. The third-order valence-corrected chi connectivity index (χ3v) is 8.27. The fourth-order valence-corrected chi connectivity index (χ4v) is 5.79. The average molecular weight is 574 g/mol. The highest BCUT2D eigenvalue weighted by Crippen LogP contribution is 2.39. The third-order valence-electron chi connectivity index (χ3n) is 7.99. The van der Waals surface area contributed by atoms with Gasteiger partial charge in [-0.25, -0.2) is 9.97 Å². The van der Waals surface area contributed by atoms with Gasteiger partial charge in [0.25, 0.3) is 11.5 Å². The molecule has 4 aromatic heterocycles. The molecule has 1 aliphatic heterocycles. The highest BCUT2D eigenvalue weighted by atomic mass is 35.5. The van der Waals surface area contributed by atoms with Crippen LogP contribution in [0, 0.1) is 0 Å².